The summed E-state index contributed by atoms with van der Waals surface area (Å²) in [6.45, 7) is 9.94. The Morgan fingerprint density at radius 3 is 2.43 bits per heavy atom. The van der Waals surface area contributed by atoms with Crippen LogP contribution in [0.25, 0.3) is 0 Å². The van der Waals surface area contributed by atoms with Crippen LogP contribution in [0.3, 0.4) is 0 Å². The van der Waals surface area contributed by atoms with Gasteiger partial charge in [0.15, 0.2) is 0 Å². The van der Waals surface area contributed by atoms with Gasteiger partial charge in [-0.1, -0.05) is 24.4 Å². The van der Waals surface area contributed by atoms with Crippen molar-refractivity contribution in [3.63, 3.8) is 0 Å². The Labute approximate surface area is 133 Å². The van der Waals surface area contributed by atoms with Gasteiger partial charge in [-0.05, 0) is 53.8 Å². The van der Waals surface area contributed by atoms with Gasteiger partial charge in [0.05, 0.1) is 23.0 Å². The fourth-order valence-electron chi connectivity index (χ4n) is 3.57. The van der Waals surface area contributed by atoms with Gasteiger partial charge in [0.25, 0.3) is 0 Å². The van der Waals surface area contributed by atoms with Gasteiger partial charge in [0, 0.05) is 12.1 Å². The largest absolute Gasteiger partial charge is 0.310 e. The summed E-state index contributed by atoms with van der Waals surface area (Å²) in [5.41, 5.74) is 1.12. The van der Waals surface area contributed by atoms with Crippen LogP contribution in [0.15, 0.2) is 6.20 Å². The summed E-state index contributed by atoms with van der Waals surface area (Å²) >= 11 is 6.43. The predicted octanol–water partition coefficient (Wildman–Crippen LogP) is 3.47. The van der Waals surface area contributed by atoms with Gasteiger partial charge < -0.3 is 5.32 Å². The third-order valence-corrected chi connectivity index (χ3v) is 5.11. The van der Waals surface area contributed by atoms with Crippen LogP contribution in [-0.4, -0.2) is 40.4 Å². The van der Waals surface area contributed by atoms with E-state index in [1.54, 1.807) is 6.20 Å². The number of nitrogens with one attached hydrogen (secondary N) is 1. The summed E-state index contributed by atoms with van der Waals surface area (Å²) in [6.07, 6.45) is 7.05. The molecule has 1 aromatic heterocycles. The van der Waals surface area contributed by atoms with Crippen LogP contribution in [-0.2, 0) is 6.54 Å². The maximum absolute atomic E-state index is 6.43. The summed E-state index contributed by atoms with van der Waals surface area (Å²) in [5, 5.41) is 8.66. The fourth-order valence-corrected chi connectivity index (χ4v) is 3.82. The SMILES string of the molecule is CCn1ncc(Cl)c1C(NC)C(C)(C)N1CCCCCC1. The Morgan fingerprint density at radius 2 is 1.90 bits per heavy atom. The monoisotopic (exact) mass is 312 g/mol. The van der Waals surface area contributed by atoms with E-state index >= 15 is 0 Å². The highest BCUT2D eigenvalue weighted by atomic mass is 35.5. The molecule has 0 bridgehead atoms. The first-order valence-corrected chi connectivity index (χ1v) is 8.53. The van der Waals surface area contributed by atoms with Crippen molar-refractivity contribution in [2.24, 2.45) is 0 Å². The van der Waals surface area contributed by atoms with E-state index in [4.69, 9.17) is 11.6 Å². The molecular weight excluding hydrogens is 284 g/mol. The lowest BCUT2D eigenvalue weighted by atomic mass is 9.89. The minimum atomic E-state index is 0.00961. The molecule has 1 fully saturated rings. The van der Waals surface area contributed by atoms with E-state index < -0.39 is 0 Å². The molecule has 0 spiro atoms. The molecule has 1 N–H and O–H groups in total. The second-order valence-electron chi connectivity index (χ2n) is 6.47. The van der Waals surface area contributed by atoms with Crippen molar-refractivity contribution in [3.8, 4) is 0 Å². The molecule has 0 aliphatic carbocycles. The number of aromatic nitrogens is 2. The Kier molecular flexibility index (Phi) is 5.69. The lowest BCUT2D eigenvalue weighted by molar-refractivity contribution is 0.0831. The Hall–Kier alpha value is -0.580. The molecule has 0 aromatic carbocycles. The minimum absolute atomic E-state index is 0.00961. The molecular formula is C16H29ClN4. The molecule has 0 radical (unpaired) electrons. The first-order chi connectivity index (χ1) is 10.0. The topological polar surface area (TPSA) is 33.1 Å². The van der Waals surface area contributed by atoms with Crippen LogP contribution in [0.5, 0.6) is 0 Å². The van der Waals surface area contributed by atoms with E-state index in [2.05, 4.69) is 36.1 Å². The number of hydrogen-bond donors (Lipinski definition) is 1. The van der Waals surface area contributed by atoms with Crippen molar-refractivity contribution in [1.82, 2.24) is 20.0 Å². The fraction of sp³-hybridized carbons (Fsp3) is 0.812. The minimum Gasteiger partial charge on any atom is -0.310 e. The third-order valence-electron chi connectivity index (χ3n) is 4.82. The summed E-state index contributed by atoms with van der Waals surface area (Å²) in [7, 11) is 2.02. The molecule has 1 aliphatic rings. The summed E-state index contributed by atoms with van der Waals surface area (Å²) in [4.78, 5) is 2.62. The van der Waals surface area contributed by atoms with Gasteiger partial charge in [-0.15, -0.1) is 0 Å². The van der Waals surface area contributed by atoms with Crippen LogP contribution in [0.4, 0.5) is 0 Å². The van der Waals surface area contributed by atoms with Crippen molar-refractivity contribution in [3.05, 3.63) is 16.9 Å². The second-order valence-corrected chi connectivity index (χ2v) is 6.88. The number of likely N-dealkylation sites (tertiary alicyclic amines) is 1. The van der Waals surface area contributed by atoms with Crippen LogP contribution in [0.2, 0.25) is 5.02 Å². The first kappa shape index (κ1) is 16.8. The normalized spacial score (nSPS) is 19.5. The number of halogens is 1. The van der Waals surface area contributed by atoms with Crippen LogP contribution in [0.1, 0.15) is 58.2 Å². The zero-order valence-electron chi connectivity index (χ0n) is 13.8. The number of nitrogens with zero attached hydrogens (tertiary/aromatic N) is 3. The van der Waals surface area contributed by atoms with Crippen molar-refractivity contribution in [1.29, 1.82) is 0 Å². The van der Waals surface area contributed by atoms with E-state index in [-0.39, 0.29) is 11.6 Å². The zero-order valence-corrected chi connectivity index (χ0v) is 14.6. The van der Waals surface area contributed by atoms with Crippen molar-refractivity contribution < 1.29 is 0 Å². The molecule has 1 aliphatic heterocycles. The maximum atomic E-state index is 6.43. The van der Waals surface area contributed by atoms with Crippen molar-refractivity contribution in [2.45, 2.75) is 64.6 Å². The smallest absolute Gasteiger partial charge is 0.0834 e. The van der Waals surface area contributed by atoms with Gasteiger partial charge in [0.1, 0.15) is 0 Å². The standard InChI is InChI=1S/C16H29ClN4/c1-5-21-14(13(17)12-19-21)15(18-4)16(2,3)20-10-8-6-7-9-11-20/h12,15,18H,5-11H2,1-4H3. The van der Waals surface area contributed by atoms with Gasteiger partial charge >= 0.3 is 0 Å². The maximum Gasteiger partial charge on any atom is 0.0834 e. The molecule has 0 saturated carbocycles. The highest BCUT2D eigenvalue weighted by Gasteiger charge is 2.38. The van der Waals surface area contributed by atoms with Gasteiger partial charge in [0.2, 0.25) is 0 Å². The summed E-state index contributed by atoms with van der Waals surface area (Å²) in [5.74, 6) is 0. The van der Waals surface area contributed by atoms with Crippen LogP contribution in [0, 0.1) is 0 Å². The highest BCUT2D eigenvalue weighted by Crippen LogP contribution is 2.35. The van der Waals surface area contributed by atoms with Crippen LogP contribution < -0.4 is 5.32 Å². The molecule has 2 heterocycles. The van der Waals surface area contributed by atoms with E-state index in [9.17, 15) is 0 Å². The van der Waals surface area contributed by atoms with Gasteiger partial charge in [-0.25, -0.2) is 0 Å². The quantitative estimate of drug-likeness (QED) is 0.903. The summed E-state index contributed by atoms with van der Waals surface area (Å²) < 4.78 is 2.02. The molecule has 1 atom stereocenters. The number of rotatable bonds is 5. The average Bonchev–Trinajstić information content (AvgIpc) is 2.69. The third kappa shape index (κ3) is 3.43. The predicted molar refractivity (Wildman–Crippen MR) is 88.8 cm³/mol. The van der Waals surface area contributed by atoms with E-state index in [0.717, 1.165) is 17.3 Å². The Bertz CT molecular complexity index is 447. The lowest BCUT2D eigenvalue weighted by Crippen LogP contribution is -2.53. The van der Waals surface area contributed by atoms with Gasteiger partial charge in [-0.3, -0.25) is 9.58 Å². The zero-order chi connectivity index (χ0) is 15.5. The van der Waals surface area contributed by atoms with E-state index in [0.29, 0.717) is 0 Å². The Morgan fingerprint density at radius 1 is 1.29 bits per heavy atom. The van der Waals surface area contributed by atoms with Crippen molar-refractivity contribution in [2.75, 3.05) is 20.1 Å². The highest BCUT2D eigenvalue weighted by molar-refractivity contribution is 6.31. The molecule has 1 aromatic rings. The number of hydrogen-bond acceptors (Lipinski definition) is 3. The summed E-state index contributed by atoms with van der Waals surface area (Å²) in [6, 6.07) is 0.172. The second kappa shape index (κ2) is 7.12. The number of likely N-dealkylation sites (N-methyl/N-ethyl adjacent to an activating group) is 1. The molecule has 4 nitrogen and oxygen atoms in total. The van der Waals surface area contributed by atoms with Gasteiger partial charge in [-0.2, -0.15) is 5.10 Å². The molecule has 1 unspecified atom stereocenters. The molecule has 120 valence electrons. The molecule has 5 heteroatoms. The molecule has 0 amide bonds. The Balaban J connectivity index is 2.31. The van der Waals surface area contributed by atoms with E-state index in [1.165, 1.54) is 38.8 Å². The molecule has 1 saturated heterocycles. The lowest BCUT2D eigenvalue weighted by Gasteiger charge is -2.44. The number of aryl methyl sites for hydroxylation is 1. The van der Waals surface area contributed by atoms with Crippen LogP contribution >= 0.6 is 11.6 Å². The van der Waals surface area contributed by atoms with E-state index in [1.807, 2.05) is 11.7 Å². The molecule has 2 rings (SSSR count). The van der Waals surface area contributed by atoms with Crippen molar-refractivity contribution >= 4 is 11.6 Å². The molecule has 21 heavy (non-hydrogen) atoms. The first-order valence-electron chi connectivity index (χ1n) is 8.15. The average molecular weight is 313 g/mol.